The van der Waals surface area contributed by atoms with E-state index in [0.717, 1.165) is 0 Å². The quantitative estimate of drug-likeness (QED) is 0.627. The van der Waals surface area contributed by atoms with E-state index in [2.05, 4.69) is 10.6 Å². The van der Waals surface area contributed by atoms with E-state index < -0.39 is 29.5 Å². The first-order valence-corrected chi connectivity index (χ1v) is 7.87. The third-order valence-electron chi connectivity index (χ3n) is 2.53. The van der Waals surface area contributed by atoms with Crippen molar-refractivity contribution in [1.82, 2.24) is 10.6 Å². The number of esters is 2. The van der Waals surface area contributed by atoms with Crippen LogP contribution in [0.1, 0.15) is 54.4 Å². The zero-order valence-corrected chi connectivity index (χ0v) is 15.2. The summed E-state index contributed by atoms with van der Waals surface area (Å²) in [6, 6.07) is -0.985. The summed E-state index contributed by atoms with van der Waals surface area (Å²) < 4.78 is 10.3. The summed E-state index contributed by atoms with van der Waals surface area (Å²) in [5.41, 5.74) is -0.625. The highest BCUT2D eigenvalue weighted by Crippen LogP contribution is 2.11. The smallest absolute Gasteiger partial charge is 0.328 e. The van der Waals surface area contributed by atoms with Crippen molar-refractivity contribution in [3.63, 3.8) is 0 Å². The Morgan fingerprint density at radius 2 is 1.67 bits per heavy atom. The number of amides is 2. The topological polar surface area (TPSA) is 111 Å². The van der Waals surface area contributed by atoms with E-state index in [0.29, 0.717) is 0 Å². The lowest BCUT2D eigenvalue weighted by molar-refractivity contribution is -0.156. The molecule has 0 unspecified atom stereocenters. The van der Waals surface area contributed by atoms with Crippen LogP contribution in [0.25, 0.3) is 0 Å². The summed E-state index contributed by atoms with van der Waals surface area (Å²) >= 11 is 0. The van der Waals surface area contributed by atoms with Gasteiger partial charge >= 0.3 is 11.9 Å². The largest absolute Gasteiger partial charge is 0.461 e. The first-order valence-electron chi connectivity index (χ1n) is 7.87. The number of hydrogen-bond donors (Lipinski definition) is 2. The molecule has 0 heterocycles. The molecule has 24 heavy (non-hydrogen) atoms. The molecular weight excluding hydrogens is 316 g/mol. The van der Waals surface area contributed by atoms with Crippen molar-refractivity contribution in [3.05, 3.63) is 0 Å². The average Bonchev–Trinajstić information content (AvgIpc) is 2.38. The van der Waals surface area contributed by atoms with Gasteiger partial charge in [0, 0.05) is 13.3 Å². The first-order chi connectivity index (χ1) is 10.9. The van der Waals surface area contributed by atoms with Crippen LogP contribution in [0.15, 0.2) is 0 Å². The Kier molecular flexibility index (Phi) is 9.02. The number of rotatable bonds is 8. The molecule has 0 aliphatic carbocycles. The maximum atomic E-state index is 12.0. The van der Waals surface area contributed by atoms with Crippen molar-refractivity contribution in [2.24, 2.45) is 0 Å². The minimum absolute atomic E-state index is 0.0461. The van der Waals surface area contributed by atoms with Gasteiger partial charge in [-0.1, -0.05) is 0 Å². The minimum atomic E-state index is -0.985. The van der Waals surface area contributed by atoms with Gasteiger partial charge in [-0.15, -0.1) is 0 Å². The van der Waals surface area contributed by atoms with Crippen LogP contribution in [0.3, 0.4) is 0 Å². The fraction of sp³-hybridized carbons (Fsp3) is 0.750. The van der Waals surface area contributed by atoms with Gasteiger partial charge < -0.3 is 20.1 Å². The summed E-state index contributed by atoms with van der Waals surface area (Å²) in [6.45, 7) is 9.61. The van der Waals surface area contributed by atoms with Crippen molar-refractivity contribution in [1.29, 1.82) is 0 Å². The van der Waals surface area contributed by atoms with Crippen LogP contribution < -0.4 is 10.6 Å². The fourth-order valence-corrected chi connectivity index (χ4v) is 1.67. The van der Waals surface area contributed by atoms with Gasteiger partial charge in [0.25, 0.3) is 0 Å². The molecule has 138 valence electrons. The zero-order chi connectivity index (χ0) is 18.9. The lowest BCUT2D eigenvalue weighted by atomic mass is 10.1. The van der Waals surface area contributed by atoms with E-state index in [1.54, 1.807) is 34.6 Å². The number of hydrogen-bond acceptors (Lipinski definition) is 6. The van der Waals surface area contributed by atoms with Gasteiger partial charge in [-0.3, -0.25) is 14.4 Å². The normalized spacial score (nSPS) is 12.3. The molecule has 0 rings (SSSR count). The predicted octanol–water partition coefficient (Wildman–Crippen LogP) is 0.681. The number of ether oxygens (including phenoxy) is 2. The van der Waals surface area contributed by atoms with Crippen LogP contribution in [0.2, 0.25) is 0 Å². The number of nitrogens with one attached hydrogen (secondary N) is 2. The molecule has 0 aromatic rings. The summed E-state index contributed by atoms with van der Waals surface area (Å²) in [6.07, 6.45) is -0.351. The molecular formula is C16H28N2O6. The Morgan fingerprint density at radius 1 is 1.08 bits per heavy atom. The van der Waals surface area contributed by atoms with Gasteiger partial charge in [0.15, 0.2) is 0 Å². The van der Waals surface area contributed by atoms with E-state index >= 15 is 0 Å². The molecule has 0 spiro atoms. The van der Waals surface area contributed by atoms with Crippen LogP contribution in [0.5, 0.6) is 0 Å². The molecule has 2 N–H and O–H groups in total. The molecule has 1 atom stereocenters. The van der Waals surface area contributed by atoms with E-state index in [9.17, 15) is 19.2 Å². The first kappa shape index (κ1) is 21.9. The Bertz CT molecular complexity index is 468. The van der Waals surface area contributed by atoms with E-state index in [1.807, 2.05) is 0 Å². The van der Waals surface area contributed by atoms with E-state index in [4.69, 9.17) is 9.47 Å². The molecule has 0 aromatic heterocycles. The molecule has 0 saturated heterocycles. The third kappa shape index (κ3) is 11.4. The summed E-state index contributed by atoms with van der Waals surface area (Å²) in [7, 11) is 0. The van der Waals surface area contributed by atoms with Crippen molar-refractivity contribution < 1.29 is 28.7 Å². The van der Waals surface area contributed by atoms with Crippen molar-refractivity contribution in [2.75, 3.05) is 6.54 Å². The second-order valence-corrected chi connectivity index (χ2v) is 6.64. The molecule has 0 saturated carbocycles. The van der Waals surface area contributed by atoms with Crippen LogP contribution >= 0.6 is 0 Å². The standard InChI is InChI=1S/C16H28N2O6/c1-10(2)23-15(22)12(18-13(20)9-17-11(3)19)7-8-14(21)24-16(4,5)6/h10,12H,7-9H2,1-6H3,(H,17,19)(H,18,20)/t12-/m0/s1. The summed E-state index contributed by atoms with van der Waals surface area (Å²) in [5, 5.41) is 4.79. The van der Waals surface area contributed by atoms with Crippen molar-refractivity contribution in [2.45, 2.75) is 72.1 Å². The van der Waals surface area contributed by atoms with Crippen LogP contribution in [-0.4, -0.2) is 48.0 Å². The molecule has 0 radical (unpaired) electrons. The minimum Gasteiger partial charge on any atom is -0.461 e. The Balaban J connectivity index is 4.69. The zero-order valence-electron chi connectivity index (χ0n) is 15.2. The van der Waals surface area contributed by atoms with E-state index in [-0.39, 0.29) is 31.4 Å². The van der Waals surface area contributed by atoms with Crippen molar-refractivity contribution in [3.8, 4) is 0 Å². The fourth-order valence-electron chi connectivity index (χ4n) is 1.67. The average molecular weight is 344 g/mol. The molecule has 0 aromatic carbocycles. The maximum Gasteiger partial charge on any atom is 0.328 e. The van der Waals surface area contributed by atoms with Gasteiger partial charge in [0.2, 0.25) is 11.8 Å². The highest BCUT2D eigenvalue weighted by atomic mass is 16.6. The maximum absolute atomic E-state index is 12.0. The van der Waals surface area contributed by atoms with Crippen molar-refractivity contribution >= 4 is 23.8 Å². The summed E-state index contributed by atoms with van der Waals surface area (Å²) in [4.78, 5) is 46.4. The van der Waals surface area contributed by atoms with Crippen LogP contribution in [0.4, 0.5) is 0 Å². The molecule has 2 amide bonds. The van der Waals surface area contributed by atoms with Crippen LogP contribution in [0, 0.1) is 0 Å². The van der Waals surface area contributed by atoms with Gasteiger partial charge in [-0.25, -0.2) is 4.79 Å². The third-order valence-corrected chi connectivity index (χ3v) is 2.53. The monoisotopic (exact) mass is 344 g/mol. The molecule has 8 heteroatoms. The Hall–Kier alpha value is -2.12. The van der Waals surface area contributed by atoms with Gasteiger partial charge in [-0.2, -0.15) is 0 Å². The molecule has 0 bridgehead atoms. The highest BCUT2D eigenvalue weighted by Gasteiger charge is 2.25. The molecule has 8 nitrogen and oxygen atoms in total. The Labute approximate surface area is 142 Å². The van der Waals surface area contributed by atoms with Crippen LogP contribution in [-0.2, 0) is 28.7 Å². The second kappa shape index (κ2) is 9.89. The predicted molar refractivity (Wildman–Crippen MR) is 86.9 cm³/mol. The highest BCUT2D eigenvalue weighted by molar-refractivity contribution is 5.88. The lowest BCUT2D eigenvalue weighted by Gasteiger charge is -2.21. The summed E-state index contributed by atoms with van der Waals surface area (Å²) in [5.74, 6) is -2.01. The SMILES string of the molecule is CC(=O)NCC(=O)N[C@@H](CCC(=O)OC(C)(C)C)C(=O)OC(C)C. The Morgan fingerprint density at radius 3 is 2.12 bits per heavy atom. The van der Waals surface area contributed by atoms with Gasteiger partial charge in [0.05, 0.1) is 12.6 Å². The molecule has 0 aliphatic heterocycles. The van der Waals surface area contributed by atoms with Gasteiger partial charge in [0.1, 0.15) is 11.6 Å². The molecule has 0 fully saturated rings. The second-order valence-electron chi connectivity index (χ2n) is 6.64. The molecule has 0 aliphatic rings. The van der Waals surface area contributed by atoms with Gasteiger partial charge in [-0.05, 0) is 41.0 Å². The number of carbonyl (C=O) groups excluding carboxylic acids is 4. The lowest BCUT2D eigenvalue weighted by Crippen LogP contribution is -2.46. The van der Waals surface area contributed by atoms with E-state index in [1.165, 1.54) is 6.92 Å². The number of carbonyl (C=O) groups is 4.